The van der Waals surface area contributed by atoms with E-state index < -0.39 is 6.09 Å². The van der Waals surface area contributed by atoms with Crippen LogP contribution in [0.3, 0.4) is 0 Å². The zero-order chi connectivity index (χ0) is 21.1. The van der Waals surface area contributed by atoms with Gasteiger partial charge in [-0.2, -0.15) is 0 Å². The van der Waals surface area contributed by atoms with E-state index in [0.717, 1.165) is 11.3 Å². The van der Waals surface area contributed by atoms with Gasteiger partial charge in [-0.15, -0.1) is 0 Å². The number of ether oxygens (including phenoxy) is 2. The number of rotatable bonds is 6. The first-order valence-electron chi connectivity index (χ1n) is 9.34. The number of carbonyl (C=O) groups is 1. The number of hydrogen-bond donors (Lipinski definition) is 0. The zero-order valence-electron chi connectivity index (χ0n) is 16.5. The highest BCUT2D eigenvalue weighted by atomic mass is 35.5. The van der Waals surface area contributed by atoms with Crippen LogP contribution in [0.15, 0.2) is 54.9 Å². The van der Waals surface area contributed by atoms with Crippen molar-refractivity contribution in [2.75, 3.05) is 30.2 Å². The summed E-state index contributed by atoms with van der Waals surface area (Å²) in [6.07, 6.45) is 2.93. The van der Waals surface area contributed by atoms with Crippen LogP contribution in [-0.2, 0) is 9.47 Å². The number of amides is 1. The van der Waals surface area contributed by atoms with Gasteiger partial charge in [-0.3, -0.25) is 9.80 Å². The van der Waals surface area contributed by atoms with Crippen LogP contribution in [-0.4, -0.2) is 47.5 Å². The topological polar surface area (TPSA) is 80.7 Å². The van der Waals surface area contributed by atoms with Gasteiger partial charge in [-0.25, -0.2) is 19.7 Å². The van der Waals surface area contributed by atoms with Crippen molar-refractivity contribution < 1.29 is 14.3 Å². The molecule has 1 fully saturated rings. The highest BCUT2D eigenvalue weighted by molar-refractivity contribution is 6.30. The molecular formula is C21H20ClN5O3. The Morgan fingerprint density at radius 3 is 2.67 bits per heavy atom. The number of halogens is 1. The molecule has 1 unspecified atom stereocenters. The predicted molar refractivity (Wildman–Crippen MR) is 114 cm³/mol. The first kappa shape index (κ1) is 20.1. The van der Waals surface area contributed by atoms with Crippen molar-refractivity contribution >= 4 is 35.1 Å². The summed E-state index contributed by atoms with van der Waals surface area (Å²) in [5.74, 6) is 0.998. The lowest BCUT2D eigenvalue weighted by Gasteiger charge is -2.22. The van der Waals surface area contributed by atoms with E-state index >= 15 is 0 Å². The van der Waals surface area contributed by atoms with Crippen molar-refractivity contribution in [3.63, 3.8) is 0 Å². The Hall–Kier alpha value is -3.23. The number of pyridine rings is 1. The van der Waals surface area contributed by atoms with Crippen LogP contribution in [0.1, 0.15) is 6.92 Å². The molecule has 1 atom stereocenters. The Kier molecular flexibility index (Phi) is 5.78. The molecule has 0 radical (unpaired) electrons. The second-order valence-corrected chi connectivity index (χ2v) is 7.20. The molecule has 1 amide bonds. The number of cyclic esters (lactones) is 1. The van der Waals surface area contributed by atoms with E-state index in [1.807, 2.05) is 36.1 Å². The van der Waals surface area contributed by atoms with Crippen molar-refractivity contribution in [1.82, 2.24) is 15.0 Å². The predicted octanol–water partition coefficient (Wildman–Crippen LogP) is 4.28. The fourth-order valence-corrected chi connectivity index (χ4v) is 3.31. The van der Waals surface area contributed by atoms with Gasteiger partial charge in [0.2, 0.25) is 5.95 Å². The van der Waals surface area contributed by atoms with Gasteiger partial charge in [0.15, 0.2) is 0 Å². The monoisotopic (exact) mass is 425 g/mol. The van der Waals surface area contributed by atoms with E-state index in [4.69, 9.17) is 26.1 Å². The maximum Gasteiger partial charge on any atom is 0.415 e. The van der Waals surface area contributed by atoms with E-state index in [-0.39, 0.29) is 12.8 Å². The van der Waals surface area contributed by atoms with Gasteiger partial charge >= 0.3 is 6.09 Å². The molecule has 4 rings (SSSR count). The van der Waals surface area contributed by atoms with Gasteiger partial charge in [0, 0.05) is 35.8 Å². The average molecular weight is 426 g/mol. The summed E-state index contributed by atoms with van der Waals surface area (Å²) in [5, 5.41) is 0.643. The highest BCUT2D eigenvalue weighted by Crippen LogP contribution is 2.28. The second kappa shape index (κ2) is 8.64. The fourth-order valence-electron chi connectivity index (χ4n) is 3.18. The van der Waals surface area contributed by atoms with E-state index in [2.05, 4.69) is 9.97 Å². The molecule has 0 N–H and O–H groups in total. The molecule has 8 nitrogen and oxygen atoms in total. The van der Waals surface area contributed by atoms with Crippen molar-refractivity contribution in [3.05, 3.63) is 59.9 Å². The van der Waals surface area contributed by atoms with E-state index in [0.29, 0.717) is 29.1 Å². The Balaban J connectivity index is 1.68. The minimum atomic E-state index is -0.399. The van der Waals surface area contributed by atoms with Crippen LogP contribution in [0.25, 0.3) is 11.3 Å². The van der Waals surface area contributed by atoms with Crippen molar-refractivity contribution in [1.29, 1.82) is 0 Å². The molecule has 30 heavy (non-hydrogen) atoms. The van der Waals surface area contributed by atoms with Crippen LogP contribution in [0.2, 0.25) is 5.02 Å². The van der Waals surface area contributed by atoms with Gasteiger partial charge in [-0.05, 0) is 49.4 Å². The molecular weight excluding hydrogens is 406 g/mol. The zero-order valence-corrected chi connectivity index (χ0v) is 17.3. The number of methoxy groups -OCH3 is 1. The second-order valence-electron chi connectivity index (χ2n) is 6.76. The number of benzene rings is 1. The Morgan fingerprint density at radius 1 is 1.20 bits per heavy atom. The summed E-state index contributed by atoms with van der Waals surface area (Å²) in [7, 11) is 1.61. The van der Waals surface area contributed by atoms with Crippen molar-refractivity contribution in [2.24, 2.45) is 0 Å². The Morgan fingerprint density at radius 2 is 1.97 bits per heavy atom. The number of hydrogen-bond acceptors (Lipinski definition) is 7. The molecule has 3 aromatic rings. The third kappa shape index (κ3) is 4.05. The molecule has 1 aliphatic rings. The van der Waals surface area contributed by atoms with Crippen molar-refractivity contribution in [2.45, 2.75) is 13.0 Å². The lowest BCUT2D eigenvalue weighted by atomic mass is 10.2. The molecule has 154 valence electrons. The SMILES string of the molecule is COCN(c1ccc(Cl)cc1)c1nccc(-c2ccnc(N3C(=O)OCC3C)c2)n1. The van der Waals surface area contributed by atoms with Gasteiger partial charge in [-0.1, -0.05) is 11.6 Å². The maximum atomic E-state index is 12.0. The minimum absolute atomic E-state index is 0.0803. The van der Waals surface area contributed by atoms with Gasteiger partial charge in [0.1, 0.15) is 19.2 Å². The molecule has 0 saturated carbocycles. The van der Waals surface area contributed by atoms with Crippen LogP contribution in [0.5, 0.6) is 0 Å². The molecule has 9 heteroatoms. The number of anilines is 3. The highest BCUT2D eigenvalue weighted by Gasteiger charge is 2.32. The van der Waals surface area contributed by atoms with Crippen LogP contribution in [0.4, 0.5) is 22.2 Å². The number of carbonyl (C=O) groups excluding carboxylic acids is 1. The molecule has 1 aromatic carbocycles. The number of aromatic nitrogens is 3. The van der Waals surface area contributed by atoms with E-state index in [1.54, 1.807) is 37.7 Å². The minimum Gasteiger partial charge on any atom is -0.447 e. The summed E-state index contributed by atoms with van der Waals surface area (Å²) in [6.45, 7) is 2.52. The summed E-state index contributed by atoms with van der Waals surface area (Å²) in [5.41, 5.74) is 2.35. The first-order valence-corrected chi connectivity index (χ1v) is 9.72. The molecule has 2 aromatic heterocycles. The van der Waals surface area contributed by atoms with Crippen LogP contribution in [0, 0.1) is 0 Å². The average Bonchev–Trinajstić information content (AvgIpc) is 3.11. The van der Waals surface area contributed by atoms with E-state index in [9.17, 15) is 4.79 Å². The summed E-state index contributed by atoms with van der Waals surface area (Å²) >= 11 is 6.01. The van der Waals surface area contributed by atoms with Gasteiger partial charge in [0.25, 0.3) is 0 Å². The molecule has 3 heterocycles. The van der Waals surface area contributed by atoms with Crippen LogP contribution >= 0.6 is 11.6 Å². The summed E-state index contributed by atoms with van der Waals surface area (Å²) in [6, 6.07) is 12.7. The largest absolute Gasteiger partial charge is 0.447 e. The fraction of sp³-hybridized carbons (Fsp3) is 0.238. The lowest BCUT2D eigenvalue weighted by molar-refractivity contribution is 0.179. The number of nitrogens with zero attached hydrogens (tertiary/aromatic N) is 5. The Bertz CT molecular complexity index is 1050. The lowest BCUT2D eigenvalue weighted by Crippen LogP contribution is -2.31. The third-order valence-corrected chi connectivity index (χ3v) is 4.91. The molecule has 1 aliphatic heterocycles. The standard InChI is InChI=1S/C21H20ClN5O3/c1-14-12-30-21(28)27(14)19-11-15(7-9-23-19)18-8-10-24-20(25-18)26(13-29-2)17-5-3-16(22)4-6-17/h3-11,14H,12-13H2,1-2H3. The summed E-state index contributed by atoms with van der Waals surface area (Å²) in [4.78, 5) is 28.9. The molecule has 0 spiro atoms. The normalized spacial score (nSPS) is 15.9. The first-order chi connectivity index (χ1) is 14.6. The quantitative estimate of drug-likeness (QED) is 0.545. The van der Waals surface area contributed by atoms with Crippen molar-refractivity contribution in [3.8, 4) is 11.3 Å². The van der Waals surface area contributed by atoms with Crippen LogP contribution < -0.4 is 9.80 Å². The Labute approximate surface area is 179 Å². The third-order valence-electron chi connectivity index (χ3n) is 4.65. The smallest absolute Gasteiger partial charge is 0.415 e. The van der Waals surface area contributed by atoms with Gasteiger partial charge < -0.3 is 9.47 Å². The van der Waals surface area contributed by atoms with Gasteiger partial charge in [0.05, 0.1) is 11.7 Å². The summed E-state index contributed by atoms with van der Waals surface area (Å²) < 4.78 is 10.4. The van der Waals surface area contributed by atoms with E-state index in [1.165, 1.54) is 4.90 Å². The molecule has 0 bridgehead atoms. The molecule has 1 saturated heterocycles. The maximum absolute atomic E-state index is 12.0. The molecule has 0 aliphatic carbocycles.